The van der Waals surface area contributed by atoms with Crippen molar-refractivity contribution in [1.82, 2.24) is 10.3 Å². The molecule has 0 spiro atoms. The van der Waals surface area contributed by atoms with E-state index in [-0.39, 0.29) is 31.2 Å². The Balaban J connectivity index is 1.78. The minimum atomic E-state index is -1.63. The Morgan fingerprint density at radius 3 is 2.55 bits per heavy atom. The SMILES string of the molecule is O=C(NC(F)Cc1ccccc1)c1cc([N+](=O)[O-])c(Sc2c(Cl)cncc2Cl)s1. The van der Waals surface area contributed by atoms with Gasteiger partial charge in [0.15, 0.2) is 6.30 Å². The van der Waals surface area contributed by atoms with Gasteiger partial charge >= 0.3 is 0 Å². The van der Waals surface area contributed by atoms with Crippen LogP contribution in [-0.4, -0.2) is 22.1 Å². The van der Waals surface area contributed by atoms with Gasteiger partial charge in [0.2, 0.25) is 0 Å². The van der Waals surface area contributed by atoms with Crippen molar-refractivity contribution < 1.29 is 14.1 Å². The fourth-order valence-electron chi connectivity index (χ4n) is 2.35. The topological polar surface area (TPSA) is 85.1 Å². The third-order valence-electron chi connectivity index (χ3n) is 3.65. The molecule has 0 radical (unpaired) electrons. The molecule has 150 valence electrons. The van der Waals surface area contributed by atoms with E-state index in [1.807, 2.05) is 0 Å². The molecule has 0 aliphatic rings. The summed E-state index contributed by atoms with van der Waals surface area (Å²) >= 11 is 13.9. The lowest BCUT2D eigenvalue weighted by atomic mass is 10.1. The number of nitrogens with zero attached hydrogens (tertiary/aromatic N) is 2. The number of benzene rings is 1. The molecular formula is C18H12Cl2FN3O3S2. The second kappa shape index (κ2) is 9.53. The highest BCUT2D eigenvalue weighted by Crippen LogP contribution is 2.45. The molecule has 0 aliphatic heterocycles. The second-order valence-electron chi connectivity index (χ2n) is 5.71. The molecule has 1 amide bonds. The van der Waals surface area contributed by atoms with Gasteiger partial charge in [-0.2, -0.15) is 0 Å². The lowest BCUT2D eigenvalue weighted by Gasteiger charge is -2.09. The van der Waals surface area contributed by atoms with Crippen LogP contribution in [0.4, 0.5) is 10.1 Å². The van der Waals surface area contributed by atoms with Crippen molar-refractivity contribution in [3.05, 3.63) is 79.4 Å². The van der Waals surface area contributed by atoms with Gasteiger partial charge in [0.25, 0.3) is 11.6 Å². The zero-order chi connectivity index (χ0) is 21.0. The Kier molecular flexibility index (Phi) is 7.07. The van der Waals surface area contributed by atoms with E-state index < -0.39 is 17.1 Å². The molecule has 1 N–H and O–H groups in total. The molecule has 1 atom stereocenters. The van der Waals surface area contributed by atoms with E-state index in [2.05, 4.69) is 10.3 Å². The first kappa shape index (κ1) is 21.5. The van der Waals surface area contributed by atoms with Crippen molar-refractivity contribution in [3.63, 3.8) is 0 Å². The van der Waals surface area contributed by atoms with Crippen molar-refractivity contribution >= 4 is 57.9 Å². The minimum absolute atomic E-state index is 0.0100. The van der Waals surface area contributed by atoms with Crippen LogP contribution in [0.5, 0.6) is 0 Å². The summed E-state index contributed by atoms with van der Waals surface area (Å²) in [5.74, 6) is -0.736. The van der Waals surface area contributed by atoms with Crippen molar-refractivity contribution in [2.75, 3.05) is 0 Å². The van der Waals surface area contributed by atoms with Crippen molar-refractivity contribution in [2.45, 2.75) is 21.8 Å². The molecule has 0 fully saturated rings. The number of aromatic nitrogens is 1. The van der Waals surface area contributed by atoms with Crippen molar-refractivity contribution in [3.8, 4) is 0 Å². The number of hydrogen-bond acceptors (Lipinski definition) is 6. The highest BCUT2D eigenvalue weighted by Gasteiger charge is 2.26. The maximum atomic E-state index is 14.2. The average Bonchev–Trinajstić information content (AvgIpc) is 3.10. The van der Waals surface area contributed by atoms with Crippen LogP contribution in [0, 0.1) is 10.1 Å². The number of carbonyl (C=O) groups is 1. The molecule has 0 saturated heterocycles. The van der Waals surface area contributed by atoms with Gasteiger partial charge in [0.1, 0.15) is 9.09 Å². The van der Waals surface area contributed by atoms with E-state index in [0.29, 0.717) is 4.90 Å². The Morgan fingerprint density at radius 2 is 1.93 bits per heavy atom. The van der Waals surface area contributed by atoms with Crippen LogP contribution in [-0.2, 0) is 6.42 Å². The van der Waals surface area contributed by atoms with Crippen LogP contribution < -0.4 is 5.32 Å². The van der Waals surface area contributed by atoms with Gasteiger partial charge in [-0.15, -0.1) is 11.3 Å². The summed E-state index contributed by atoms with van der Waals surface area (Å²) in [6.45, 7) is 0. The standard InChI is InChI=1S/C18H12Cl2FN3O3S2/c19-11-8-22-9-12(20)16(11)29-18-13(24(26)27)7-14(28-18)17(25)23-15(21)6-10-4-2-1-3-5-10/h1-5,7-9,15H,6H2,(H,23,25). The number of pyridine rings is 1. The Hall–Kier alpha value is -2.20. The van der Waals surface area contributed by atoms with Gasteiger partial charge in [-0.1, -0.05) is 65.3 Å². The normalized spacial score (nSPS) is 11.8. The van der Waals surface area contributed by atoms with Crippen molar-refractivity contribution in [1.29, 1.82) is 0 Å². The summed E-state index contributed by atoms with van der Waals surface area (Å²) in [5, 5.41) is 14.1. The summed E-state index contributed by atoms with van der Waals surface area (Å²) in [7, 11) is 0. The average molecular weight is 472 g/mol. The first-order chi connectivity index (χ1) is 13.8. The van der Waals surface area contributed by atoms with E-state index in [1.165, 1.54) is 12.4 Å². The molecule has 29 heavy (non-hydrogen) atoms. The number of amides is 1. The highest BCUT2D eigenvalue weighted by atomic mass is 35.5. The zero-order valence-corrected chi connectivity index (χ0v) is 17.6. The lowest BCUT2D eigenvalue weighted by Crippen LogP contribution is -2.32. The first-order valence-corrected chi connectivity index (χ1v) is 10.5. The number of nitro groups is 1. The van der Waals surface area contributed by atoms with E-state index >= 15 is 0 Å². The minimum Gasteiger partial charge on any atom is -0.321 e. The molecule has 0 saturated carbocycles. The molecule has 0 aliphatic carbocycles. The summed E-state index contributed by atoms with van der Waals surface area (Å²) in [6, 6.07) is 9.94. The van der Waals surface area contributed by atoms with Crippen LogP contribution in [0.25, 0.3) is 0 Å². The van der Waals surface area contributed by atoms with E-state index in [9.17, 15) is 19.3 Å². The van der Waals surface area contributed by atoms with Gasteiger partial charge in [-0.25, -0.2) is 4.39 Å². The summed E-state index contributed by atoms with van der Waals surface area (Å²) < 4.78 is 14.4. The fourth-order valence-corrected chi connectivity index (χ4v) is 5.12. The number of rotatable bonds is 7. The number of halogens is 3. The van der Waals surface area contributed by atoms with Gasteiger partial charge < -0.3 is 5.32 Å². The van der Waals surface area contributed by atoms with Crippen LogP contribution in [0.15, 0.2) is 57.9 Å². The Morgan fingerprint density at radius 1 is 1.28 bits per heavy atom. The van der Waals surface area contributed by atoms with Crippen LogP contribution in [0.2, 0.25) is 10.0 Å². The Bertz CT molecular complexity index is 1030. The van der Waals surface area contributed by atoms with Gasteiger partial charge in [-0.05, 0) is 5.56 Å². The molecule has 3 aromatic rings. The summed E-state index contributed by atoms with van der Waals surface area (Å²) in [6.07, 6.45) is 1.08. The highest BCUT2D eigenvalue weighted by molar-refractivity contribution is 8.01. The van der Waals surface area contributed by atoms with E-state index in [1.54, 1.807) is 30.3 Å². The van der Waals surface area contributed by atoms with Gasteiger partial charge in [0.05, 0.1) is 19.9 Å². The predicted molar refractivity (Wildman–Crippen MR) is 112 cm³/mol. The third kappa shape index (κ3) is 5.45. The molecule has 1 aromatic carbocycles. The van der Waals surface area contributed by atoms with E-state index in [0.717, 1.165) is 34.7 Å². The molecule has 2 aromatic heterocycles. The van der Waals surface area contributed by atoms with Gasteiger partial charge in [-0.3, -0.25) is 19.9 Å². The maximum absolute atomic E-state index is 14.2. The third-order valence-corrected chi connectivity index (χ3v) is 6.90. The van der Waals surface area contributed by atoms with Crippen molar-refractivity contribution in [2.24, 2.45) is 0 Å². The monoisotopic (exact) mass is 471 g/mol. The predicted octanol–water partition coefficient (Wildman–Crippen LogP) is 5.78. The summed E-state index contributed by atoms with van der Waals surface area (Å²) in [5.41, 5.74) is 0.434. The fraction of sp³-hybridized carbons (Fsp3) is 0.111. The maximum Gasteiger partial charge on any atom is 0.294 e. The smallest absolute Gasteiger partial charge is 0.294 e. The quantitative estimate of drug-likeness (QED) is 0.268. The Labute approximate surface area is 183 Å². The van der Waals surface area contributed by atoms with Crippen LogP contribution >= 0.6 is 46.3 Å². The van der Waals surface area contributed by atoms with Crippen LogP contribution in [0.1, 0.15) is 15.2 Å². The molecular weight excluding hydrogens is 460 g/mol. The molecule has 0 bridgehead atoms. The number of thiophene rings is 1. The first-order valence-electron chi connectivity index (χ1n) is 8.09. The number of hydrogen-bond donors (Lipinski definition) is 1. The number of alkyl halides is 1. The van der Waals surface area contributed by atoms with Crippen LogP contribution in [0.3, 0.4) is 0 Å². The summed E-state index contributed by atoms with van der Waals surface area (Å²) in [4.78, 5) is 27.4. The lowest BCUT2D eigenvalue weighted by molar-refractivity contribution is -0.387. The van der Waals surface area contributed by atoms with Gasteiger partial charge in [0, 0.05) is 24.9 Å². The molecule has 1 unspecified atom stereocenters. The molecule has 11 heteroatoms. The molecule has 2 heterocycles. The number of nitrogens with one attached hydrogen (secondary N) is 1. The van der Waals surface area contributed by atoms with E-state index in [4.69, 9.17) is 23.2 Å². The second-order valence-corrected chi connectivity index (χ2v) is 8.85. The molecule has 3 rings (SSSR count). The molecule has 6 nitrogen and oxygen atoms in total. The zero-order valence-electron chi connectivity index (χ0n) is 14.5. The largest absolute Gasteiger partial charge is 0.321 e. The number of carbonyl (C=O) groups excluding carboxylic acids is 1.